The predicted octanol–water partition coefficient (Wildman–Crippen LogP) is 11.7. The van der Waals surface area contributed by atoms with Gasteiger partial charge in [0.15, 0.2) is 0 Å². The SMILES string of the molecule is Oc1c(-c2c3ccccc3cc3c2ccc2c(-c4ccc(-c5nc6ccccc6n5-c5ccccc5)cc4)cccc23)ccc2cccnc12. The van der Waals surface area contributed by atoms with Gasteiger partial charge in [0.05, 0.1) is 11.0 Å². The second-order valence-corrected chi connectivity index (χ2v) is 12.7. The van der Waals surface area contributed by atoms with Gasteiger partial charge in [0.1, 0.15) is 17.1 Å². The average Bonchev–Trinajstić information content (AvgIpc) is 3.57. The van der Waals surface area contributed by atoms with E-state index in [-0.39, 0.29) is 5.75 Å². The number of aromatic hydroxyl groups is 1. The zero-order valence-electron chi connectivity index (χ0n) is 27.0. The number of para-hydroxylation sites is 3. The van der Waals surface area contributed by atoms with Crippen molar-refractivity contribution in [3.05, 3.63) is 170 Å². The van der Waals surface area contributed by atoms with Crippen LogP contribution in [0.15, 0.2) is 170 Å². The maximum Gasteiger partial charge on any atom is 0.149 e. The highest BCUT2D eigenvalue weighted by Crippen LogP contribution is 2.45. The number of benzene rings is 8. The second-order valence-electron chi connectivity index (χ2n) is 12.7. The van der Waals surface area contributed by atoms with Crippen LogP contribution >= 0.6 is 0 Å². The van der Waals surface area contributed by atoms with E-state index < -0.39 is 0 Å². The molecule has 0 aliphatic carbocycles. The molecule has 0 saturated heterocycles. The summed E-state index contributed by atoms with van der Waals surface area (Å²) in [4.78, 5) is 9.59. The molecule has 1 N–H and O–H groups in total. The lowest BCUT2D eigenvalue weighted by Crippen LogP contribution is -1.97. The van der Waals surface area contributed by atoms with Crippen LogP contribution in [0, 0.1) is 0 Å². The van der Waals surface area contributed by atoms with Crippen LogP contribution in [0.5, 0.6) is 5.75 Å². The average molecular weight is 640 g/mol. The number of aromatic nitrogens is 3. The van der Waals surface area contributed by atoms with Gasteiger partial charge in [-0.15, -0.1) is 0 Å². The zero-order chi connectivity index (χ0) is 33.2. The Morgan fingerprint density at radius 1 is 0.480 bits per heavy atom. The highest BCUT2D eigenvalue weighted by atomic mass is 16.3. The van der Waals surface area contributed by atoms with E-state index in [0.29, 0.717) is 5.52 Å². The van der Waals surface area contributed by atoms with Crippen LogP contribution < -0.4 is 0 Å². The summed E-state index contributed by atoms with van der Waals surface area (Å²) in [5, 5.41) is 19.3. The molecule has 50 heavy (non-hydrogen) atoms. The van der Waals surface area contributed by atoms with Crippen LogP contribution in [0.3, 0.4) is 0 Å². The van der Waals surface area contributed by atoms with E-state index >= 15 is 0 Å². The molecule has 0 spiro atoms. The maximum absolute atomic E-state index is 11.6. The standard InChI is InChI=1S/C46H29N3O/c50-45-39(24-23-30-11-9-27-47-44(30)45)43-35-14-5-4-10-32(35)28-40-36-16-8-15-34(37(36)25-26-38(40)43)29-19-21-31(22-20-29)46-48-41-17-6-7-18-42(41)49(46)33-12-2-1-3-13-33/h1-28,50H. The highest BCUT2D eigenvalue weighted by Gasteiger charge is 2.19. The van der Waals surface area contributed by atoms with Gasteiger partial charge in [-0.1, -0.05) is 121 Å². The highest BCUT2D eigenvalue weighted by molar-refractivity contribution is 6.22. The number of phenols is 1. The molecular formula is C46H29N3O. The summed E-state index contributed by atoms with van der Waals surface area (Å²) in [5.74, 6) is 1.12. The van der Waals surface area contributed by atoms with Crippen LogP contribution in [-0.2, 0) is 0 Å². The van der Waals surface area contributed by atoms with Gasteiger partial charge in [-0.3, -0.25) is 9.55 Å². The first-order valence-corrected chi connectivity index (χ1v) is 16.8. The Labute approximate surface area is 288 Å². The molecule has 10 rings (SSSR count). The van der Waals surface area contributed by atoms with Crippen LogP contribution in [0.25, 0.3) is 93.6 Å². The van der Waals surface area contributed by atoms with Gasteiger partial charge in [-0.05, 0) is 85.9 Å². The van der Waals surface area contributed by atoms with E-state index in [4.69, 9.17) is 4.98 Å². The monoisotopic (exact) mass is 639 g/mol. The van der Waals surface area contributed by atoms with Crippen molar-refractivity contribution in [3.8, 4) is 45.1 Å². The van der Waals surface area contributed by atoms with Crippen molar-refractivity contribution in [1.29, 1.82) is 0 Å². The number of hydrogen-bond donors (Lipinski definition) is 1. The number of fused-ring (bicyclic) bond motifs is 6. The Morgan fingerprint density at radius 2 is 1.22 bits per heavy atom. The fraction of sp³-hybridized carbons (Fsp3) is 0. The molecule has 0 fully saturated rings. The normalized spacial score (nSPS) is 11.7. The van der Waals surface area contributed by atoms with E-state index in [9.17, 15) is 5.11 Å². The lowest BCUT2D eigenvalue weighted by Gasteiger charge is -2.17. The van der Waals surface area contributed by atoms with Crippen molar-refractivity contribution in [2.24, 2.45) is 0 Å². The number of hydrogen-bond acceptors (Lipinski definition) is 3. The zero-order valence-corrected chi connectivity index (χ0v) is 27.0. The van der Waals surface area contributed by atoms with Crippen LogP contribution in [0.2, 0.25) is 0 Å². The predicted molar refractivity (Wildman–Crippen MR) is 207 cm³/mol. The van der Waals surface area contributed by atoms with E-state index in [1.54, 1.807) is 6.20 Å². The topological polar surface area (TPSA) is 50.9 Å². The van der Waals surface area contributed by atoms with Gasteiger partial charge in [0.25, 0.3) is 0 Å². The third kappa shape index (κ3) is 4.32. The van der Waals surface area contributed by atoms with Crippen molar-refractivity contribution in [2.75, 3.05) is 0 Å². The number of imidazole rings is 1. The van der Waals surface area contributed by atoms with Crippen LogP contribution in [-0.4, -0.2) is 19.6 Å². The molecule has 0 unspecified atom stereocenters. The van der Waals surface area contributed by atoms with Crippen molar-refractivity contribution < 1.29 is 5.11 Å². The fourth-order valence-corrected chi connectivity index (χ4v) is 7.64. The van der Waals surface area contributed by atoms with Gasteiger partial charge in [-0.2, -0.15) is 0 Å². The van der Waals surface area contributed by atoms with E-state index in [1.807, 2.05) is 36.4 Å². The molecule has 4 heteroatoms. The maximum atomic E-state index is 11.6. The molecule has 10 aromatic rings. The Bertz CT molecular complexity index is 2930. The molecule has 2 heterocycles. The molecule has 0 aliphatic rings. The first kappa shape index (κ1) is 28.3. The van der Waals surface area contributed by atoms with Gasteiger partial charge in [0.2, 0.25) is 0 Å². The molecule has 0 bridgehead atoms. The molecule has 234 valence electrons. The van der Waals surface area contributed by atoms with E-state index in [2.05, 4.69) is 137 Å². The summed E-state index contributed by atoms with van der Waals surface area (Å²) in [6.45, 7) is 0. The van der Waals surface area contributed by atoms with Crippen molar-refractivity contribution in [1.82, 2.24) is 14.5 Å². The Hall–Kier alpha value is -6.78. The van der Waals surface area contributed by atoms with Crippen molar-refractivity contribution >= 4 is 54.3 Å². The Balaban J connectivity index is 1.14. The molecular weight excluding hydrogens is 611 g/mol. The first-order valence-electron chi connectivity index (χ1n) is 16.8. The molecule has 2 aromatic heterocycles. The van der Waals surface area contributed by atoms with Crippen molar-refractivity contribution in [2.45, 2.75) is 0 Å². The Kier molecular flexibility index (Phi) is 6.30. The van der Waals surface area contributed by atoms with Gasteiger partial charge in [-0.25, -0.2) is 4.98 Å². The van der Waals surface area contributed by atoms with Gasteiger partial charge < -0.3 is 5.11 Å². The number of nitrogens with zero attached hydrogens (tertiary/aromatic N) is 3. The minimum Gasteiger partial charge on any atom is -0.505 e. The smallest absolute Gasteiger partial charge is 0.149 e. The lowest BCUT2D eigenvalue weighted by molar-refractivity contribution is 0.482. The number of rotatable bonds is 4. The second kappa shape index (κ2) is 11.1. The minimum absolute atomic E-state index is 0.204. The van der Waals surface area contributed by atoms with E-state index in [1.165, 1.54) is 16.3 Å². The summed E-state index contributed by atoms with van der Waals surface area (Å²) in [5.41, 5.74) is 8.90. The largest absolute Gasteiger partial charge is 0.505 e. The summed E-state index contributed by atoms with van der Waals surface area (Å²) >= 11 is 0. The third-order valence-corrected chi connectivity index (χ3v) is 9.95. The Morgan fingerprint density at radius 3 is 2.12 bits per heavy atom. The van der Waals surface area contributed by atoms with Crippen molar-refractivity contribution in [3.63, 3.8) is 0 Å². The molecule has 0 atom stereocenters. The minimum atomic E-state index is 0.204. The molecule has 0 amide bonds. The first-order chi connectivity index (χ1) is 24.7. The fourth-order valence-electron chi connectivity index (χ4n) is 7.64. The molecule has 4 nitrogen and oxygen atoms in total. The van der Waals surface area contributed by atoms with Crippen LogP contribution in [0.4, 0.5) is 0 Å². The molecule has 8 aromatic carbocycles. The van der Waals surface area contributed by atoms with E-state index in [0.717, 1.165) is 71.7 Å². The quantitative estimate of drug-likeness (QED) is 0.154. The van der Waals surface area contributed by atoms with Crippen LogP contribution in [0.1, 0.15) is 0 Å². The number of pyridine rings is 1. The summed E-state index contributed by atoms with van der Waals surface area (Å²) in [6, 6.07) is 57.1. The summed E-state index contributed by atoms with van der Waals surface area (Å²) < 4.78 is 2.24. The van der Waals surface area contributed by atoms with Gasteiger partial charge >= 0.3 is 0 Å². The summed E-state index contributed by atoms with van der Waals surface area (Å²) in [6.07, 6.45) is 1.73. The lowest BCUT2D eigenvalue weighted by atomic mass is 9.87. The molecule has 0 saturated carbocycles. The molecule has 0 aliphatic heterocycles. The summed E-state index contributed by atoms with van der Waals surface area (Å²) in [7, 11) is 0. The number of phenolic OH excluding ortho intramolecular Hbond substituents is 1. The third-order valence-electron chi connectivity index (χ3n) is 9.95. The van der Waals surface area contributed by atoms with Gasteiger partial charge in [0, 0.05) is 34.0 Å². The molecule has 0 radical (unpaired) electrons.